The van der Waals surface area contributed by atoms with Crippen LogP contribution in [0.3, 0.4) is 0 Å². The van der Waals surface area contributed by atoms with E-state index in [1.807, 2.05) is 0 Å². The Hall–Kier alpha value is -1.51. The minimum atomic E-state index is -1.12. The summed E-state index contributed by atoms with van der Waals surface area (Å²) < 4.78 is 10.9. The number of aliphatic hydroxyl groups excluding tert-OH is 1. The zero-order chi connectivity index (χ0) is 20.5. The summed E-state index contributed by atoms with van der Waals surface area (Å²) >= 11 is 0. The molecule has 0 fully saturated rings. The van der Waals surface area contributed by atoms with Crippen LogP contribution in [-0.2, 0) is 23.9 Å². The van der Waals surface area contributed by atoms with E-state index < -0.39 is 11.4 Å². The van der Waals surface area contributed by atoms with Gasteiger partial charge in [0, 0.05) is 19.3 Å². The molecule has 0 aliphatic rings. The molecule has 158 valence electrons. The molecule has 0 saturated carbocycles. The van der Waals surface area contributed by atoms with Crippen molar-refractivity contribution in [2.24, 2.45) is 5.73 Å². The largest absolute Gasteiger partial charge is 0.394 e. The molecule has 0 aromatic rings. The summed E-state index contributed by atoms with van der Waals surface area (Å²) in [7, 11) is 0. The van der Waals surface area contributed by atoms with Crippen molar-refractivity contribution in [3.8, 4) is 0 Å². The van der Waals surface area contributed by atoms with E-state index in [0.29, 0.717) is 6.42 Å². The van der Waals surface area contributed by atoms with Crippen LogP contribution in [0.1, 0.15) is 65.2 Å². The third-order valence-electron chi connectivity index (χ3n) is 4.06. The molecule has 0 aromatic heterocycles. The molecule has 1 atom stereocenters. The smallest absolute Gasteiger partial charge is 0.220 e. The van der Waals surface area contributed by atoms with E-state index >= 15 is 0 Å². The van der Waals surface area contributed by atoms with E-state index in [1.165, 1.54) is 6.92 Å². The molecule has 8 heteroatoms. The van der Waals surface area contributed by atoms with Crippen molar-refractivity contribution in [1.82, 2.24) is 5.32 Å². The number of ketones is 1. The third kappa shape index (κ3) is 14.2. The Kier molecular flexibility index (Phi) is 14.7. The molecule has 4 N–H and O–H groups in total. The van der Waals surface area contributed by atoms with Crippen molar-refractivity contribution in [2.45, 2.75) is 70.8 Å². The van der Waals surface area contributed by atoms with E-state index in [0.717, 1.165) is 32.1 Å². The molecule has 0 saturated heterocycles. The minimum absolute atomic E-state index is 0.00146. The molecular weight excluding hydrogens is 352 g/mol. The van der Waals surface area contributed by atoms with Gasteiger partial charge >= 0.3 is 0 Å². The minimum Gasteiger partial charge on any atom is -0.394 e. The first-order valence-electron chi connectivity index (χ1n) is 9.70. The predicted octanol–water partition coefficient (Wildman–Crippen LogP) is 1.08. The number of hydrogen-bond acceptors (Lipinski definition) is 6. The molecule has 27 heavy (non-hydrogen) atoms. The lowest BCUT2D eigenvalue weighted by molar-refractivity contribution is -0.128. The first kappa shape index (κ1) is 25.5. The van der Waals surface area contributed by atoms with Crippen molar-refractivity contribution in [3.05, 3.63) is 0 Å². The fourth-order valence-corrected chi connectivity index (χ4v) is 2.42. The van der Waals surface area contributed by atoms with Crippen LogP contribution in [0.2, 0.25) is 0 Å². The van der Waals surface area contributed by atoms with Gasteiger partial charge in [0.05, 0.1) is 33.0 Å². The molecular formula is C19H36N2O6. The number of aliphatic hydroxyl groups is 1. The summed E-state index contributed by atoms with van der Waals surface area (Å²) in [6.07, 6.45) is 5.83. The Morgan fingerprint density at radius 1 is 0.963 bits per heavy atom. The van der Waals surface area contributed by atoms with Crippen LogP contribution < -0.4 is 11.1 Å². The van der Waals surface area contributed by atoms with Gasteiger partial charge in [0.1, 0.15) is 11.3 Å². The average Bonchev–Trinajstić information content (AvgIpc) is 2.61. The number of carbonyl (C=O) groups excluding carboxylic acids is 3. The Balaban J connectivity index is 4.58. The Labute approximate surface area is 162 Å². The van der Waals surface area contributed by atoms with Crippen LogP contribution in [0.25, 0.3) is 0 Å². The van der Waals surface area contributed by atoms with E-state index in [9.17, 15) is 19.5 Å². The number of nitrogens with two attached hydrogens (primary N) is 1. The van der Waals surface area contributed by atoms with Crippen molar-refractivity contribution in [2.75, 3.05) is 33.0 Å². The second kappa shape index (κ2) is 15.5. The quantitative estimate of drug-likeness (QED) is 0.302. The highest BCUT2D eigenvalue weighted by molar-refractivity contribution is 5.77. The summed E-state index contributed by atoms with van der Waals surface area (Å²) in [6, 6.07) is 0. The van der Waals surface area contributed by atoms with Crippen LogP contribution >= 0.6 is 0 Å². The Bertz CT molecular complexity index is 420. The number of unbranched alkanes of at least 4 members (excludes halogenated alkanes) is 4. The van der Waals surface area contributed by atoms with Gasteiger partial charge in [0.15, 0.2) is 0 Å². The highest BCUT2D eigenvalue weighted by Gasteiger charge is 2.32. The maximum atomic E-state index is 12.3. The molecule has 0 rings (SSSR count). The first-order chi connectivity index (χ1) is 12.8. The maximum absolute atomic E-state index is 12.3. The van der Waals surface area contributed by atoms with E-state index in [4.69, 9.17) is 15.2 Å². The lowest BCUT2D eigenvalue weighted by Gasteiger charge is -2.32. The Morgan fingerprint density at radius 3 is 2.07 bits per heavy atom. The molecule has 8 nitrogen and oxygen atoms in total. The van der Waals surface area contributed by atoms with Crippen LogP contribution in [0.15, 0.2) is 0 Å². The number of amides is 2. The summed E-state index contributed by atoms with van der Waals surface area (Å²) in [5.74, 6) is -0.675. The zero-order valence-electron chi connectivity index (χ0n) is 16.8. The number of hydrogen-bond donors (Lipinski definition) is 3. The second-order valence-electron chi connectivity index (χ2n) is 6.92. The van der Waals surface area contributed by atoms with Gasteiger partial charge in [-0.25, -0.2) is 0 Å². The van der Waals surface area contributed by atoms with Crippen molar-refractivity contribution in [3.63, 3.8) is 0 Å². The van der Waals surface area contributed by atoms with Gasteiger partial charge in [0.25, 0.3) is 0 Å². The van der Waals surface area contributed by atoms with Gasteiger partial charge in [-0.1, -0.05) is 32.6 Å². The summed E-state index contributed by atoms with van der Waals surface area (Å²) in [5, 5.41) is 12.7. The molecule has 0 bridgehead atoms. The third-order valence-corrected chi connectivity index (χ3v) is 4.06. The molecule has 0 spiro atoms. The van der Waals surface area contributed by atoms with Crippen LogP contribution in [0.4, 0.5) is 0 Å². The average molecular weight is 389 g/mol. The highest BCUT2D eigenvalue weighted by atomic mass is 16.5. The number of nitrogens with one attached hydrogen (secondary N) is 1. The Morgan fingerprint density at radius 2 is 1.56 bits per heavy atom. The van der Waals surface area contributed by atoms with Gasteiger partial charge in [0.2, 0.25) is 11.8 Å². The van der Waals surface area contributed by atoms with Gasteiger partial charge in [-0.15, -0.1) is 0 Å². The van der Waals surface area contributed by atoms with E-state index in [-0.39, 0.29) is 57.6 Å². The van der Waals surface area contributed by atoms with Gasteiger partial charge in [-0.3, -0.25) is 14.4 Å². The second-order valence-corrected chi connectivity index (χ2v) is 6.92. The van der Waals surface area contributed by atoms with E-state index in [1.54, 1.807) is 0 Å². The van der Waals surface area contributed by atoms with Crippen LogP contribution in [-0.4, -0.2) is 61.3 Å². The standard InChI is InChI=1S/C19H36N2O6/c1-3-4-5-6-7-8-18(25)21-19(13-22,14-26-11-9-16(2)23)15-27-12-10-17(20)24/h22H,3-15H2,1-2H3,(H2,20,24)(H,21,25). The topological polar surface area (TPSA) is 128 Å². The molecule has 0 radical (unpaired) electrons. The lowest BCUT2D eigenvalue weighted by atomic mass is 10.0. The number of Topliss-reactive ketones (excluding diaryl/α,β-unsaturated/α-hetero) is 1. The van der Waals surface area contributed by atoms with E-state index in [2.05, 4.69) is 12.2 Å². The molecule has 1 unspecified atom stereocenters. The molecule has 0 aliphatic heterocycles. The SMILES string of the molecule is CCCCCCCC(=O)NC(CO)(COCCC(C)=O)COCCC(N)=O. The first-order valence-corrected chi connectivity index (χ1v) is 9.70. The van der Waals surface area contributed by atoms with Crippen molar-refractivity contribution < 1.29 is 29.0 Å². The summed E-state index contributed by atoms with van der Waals surface area (Å²) in [6.45, 7) is 3.50. The number of carbonyl (C=O) groups is 3. The molecule has 0 heterocycles. The lowest BCUT2D eigenvalue weighted by Crippen LogP contribution is -2.58. The fraction of sp³-hybridized carbons (Fsp3) is 0.842. The monoisotopic (exact) mass is 388 g/mol. The van der Waals surface area contributed by atoms with Gasteiger partial charge in [-0.2, -0.15) is 0 Å². The summed E-state index contributed by atoms with van der Waals surface area (Å²) in [5.41, 5.74) is 3.96. The van der Waals surface area contributed by atoms with Crippen LogP contribution in [0, 0.1) is 0 Å². The molecule has 0 aromatic carbocycles. The van der Waals surface area contributed by atoms with Crippen molar-refractivity contribution >= 4 is 17.6 Å². The van der Waals surface area contributed by atoms with Gasteiger partial charge < -0.3 is 25.6 Å². The van der Waals surface area contributed by atoms with Gasteiger partial charge in [-0.05, 0) is 13.3 Å². The number of primary amides is 1. The maximum Gasteiger partial charge on any atom is 0.220 e. The zero-order valence-corrected chi connectivity index (χ0v) is 16.8. The highest BCUT2D eigenvalue weighted by Crippen LogP contribution is 2.10. The molecule has 2 amide bonds. The van der Waals surface area contributed by atoms with Crippen LogP contribution in [0.5, 0.6) is 0 Å². The number of ether oxygens (including phenoxy) is 2. The summed E-state index contributed by atoms with van der Waals surface area (Å²) in [4.78, 5) is 34.1. The normalized spacial score (nSPS) is 13.1. The fourth-order valence-electron chi connectivity index (χ4n) is 2.42. The number of rotatable bonds is 18. The van der Waals surface area contributed by atoms with Crippen molar-refractivity contribution in [1.29, 1.82) is 0 Å². The molecule has 0 aliphatic carbocycles. The predicted molar refractivity (Wildman–Crippen MR) is 102 cm³/mol.